The summed E-state index contributed by atoms with van der Waals surface area (Å²) in [5.41, 5.74) is 1.62. The third kappa shape index (κ3) is 3.78. The molecule has 4 nitrogen and oxygen atoms in total. The average molecular weight is 339 g/mol. The maximum Gasteiger partial charge on any atom is 0.180 e. The monoisotopic (exact) mass is 338 g/mol. The van der Waals surface area contributed by atoms with Crippen LogP contribution in [0, 0.1) is 5.41 Å². The van der Waals surface area contributed by atoms with Gasteiger partial charge in [0.2, 0.25) is 0 Å². The minimum absolute atomic E-state index is 0.370. The van der Waals surface area contributed by atoms with E-state index in [0.29, 0.717) is 10.3 Å². The zero-order chi connectivity index (χ0) is 17.3. The first-order valence-electron chi connectivity index (χ1n) is 8.55. The molecule has 23 heavy (non-hydrogen) atoms. The number of likely N-dealkylation sites (tertiary alicyclic amines) is 2. The van der Waals surface area contributed by atoms with Crippen LogP contribution in [0.3, 0.4) is 0 Å². The summed E-state index contributed by atoms with van der Waals surface area (Å²) in [5, 5.41) is -0.370. The molecule has 2 aliphatic heterocycles. The van der Waals surface area contributed by atoms with Crippen molar-refractivity contribution in [1.82, 2.24) is 9.80 Å². The van der Waals surface area contributed by atoms with Crippen molar-refractivity contribution in [3.05, 3.63) is 29.8 Å². The van der Waals surface area contributed by atoms with Crippen LogP contribution in [0.2, 0.25) is 0 Å². The molecule has 5 heteroatoms. The molecule has 3 rings (SSSR count). The quantitative estimate of drug-likeness (QED) is 0.846. The Hall–Kier alpha value is -0.910. The molecule has 1 aromatic carbocycles. The second-order valence-electron chi connectivity index (χ2n) is 7.06. The van der Waals surface area contributed by atoms with Gasteiger partial charge in [-0.3, -0.25) is 4.90 Å². The Morgan fingerprint density at radius 2 is 1.74 bits per heavy atom. The molecule has 1 aromatic rings. The van der Waals surface area contributed by atoms with Gasteiger partial charge in [-0.15, -0.1) is 0 Å². The van der Waals surface area contributed by atoms with Crippen LogP contribution in [0.5, 0.6) is 0 Å². The SMILES string of the molecule is CC.CC(C)S(=O)(=O)c1cccc(CN2CC3(CN(C)C3)C2)c1. The summed E-state index contributed by atoms with van der Waals surface area (Å²) < 4.78 is 24.5. The molecule has 0 amide bonds. The van der Waals surface area contributed by atoms with Crippen LogP contribution >= 0.6 is 0 Å². The molecule has 0 unspecified atom stereocenters. The largest absolute Gasteiger partial charge is 0.305 e. The number of hydrogen-bond acceptors (Lipinski definition) is 4. The fraction of sp³-hybridized carbons (Fsp3) is 0.667. The van der Waals surface area contributed by atoms with Gasteiger partial charge in [0.25, 0.3) is 0 Å². The van der Waals surface area contributed by atoms with Crippen LogP contribution in [0.4, 0.5) is 0 Å². The fourth-order valence-electron chi connectivity index (χ4n) is 3.66. The Kier molecular flexibility index (Phi) is 5.54. The first-order chi connectivity index (χ1) is 10.8. The van der Waals surface area contributed by atoms with E-state index in [0.717, 1.165) is 25.2 Å². The minimum atomic E-state index is -3.17. The molecular weight excluding hydrogens is 308 g/mol. The maximum atomic E-state index is 12.2. The van der Waals surface area contributed by atoms with E-state index in [4.69, 9.17) is 0 Å². The van der Waals surface area contributed by atoms with E-state index < -0.39 is 9.84 Å². The highest BCUT2D eigenvalue weighted by molar-refractivity contribution is 7.92. The van der Waals surface area contributed by atoms with Gasteiger partial charge in [-0.2, -0.15) is 0 Å². The summed E-state index contributed by atoms with van der Waals surface area (Å²) in [6.45, 7) is 13.0. The Bertz CT molecular complexity index is 626. The molecular formula is C18H30N2O2S. The van der Waals surface area contributed by atoms with Gasteiger partial charge >= 0.3 is 0 Å². The van der Waals surface area contributed by atoms with E-state index in [1.807, 2.05) is 32.0 Å². The summed E-state index contributed by atoms with van der Waals surface area (Å²) in [4.78, 5) is 5.22. The van der Waals surface area contributed by atoms with Crippen molar-refractivity contribution < 1.29 is 8.42 Å². The van der Waals surface area contributed by atoms with Crippen LogP contribution < -0.4 is 0 Å². The third-order valence-electron chi connectivity index (χ3n) is 4.58. The van der Waals surface area contributed by atoms with Gasteiger partial charge in [0, 0.05) is 38.1 Å². The van der Waals surface area contributed by atoms with Crippen molar-refractivity contribution >= 4 is 9.84 Å². The molecule has 2 heterocycles. The van der Waals surface area contributed by atoms with Gasteiger partial charge in [0.05, 0.1) is 10.1 Å². The molecule has 0 N–H and O–H groups in total. The Labute approximate surface area is 141 Å². The zero-order valence-electron chi connectivity index (χ0n) is 15.0. The van der Waals surface area contributed by atoms with Crippen LogP contribution in [0.1, 0.15) is 33.3 Å². The molecule has 130 valence electrons. The lowest BCUT2D eigenvalue weighted by Gasteiger charge is -2.59. The van der Waals surface area contributed by atoms with Crippen molar-refractivity contribution in [2.24, 2.45) is 5.41 Å². The molecule has 0 aliphatic carbocycles. The summed E-state index contributed by atoms with van der Waals surface area (Å²) in [7, 11) is -1.01. The molecule has 0 radical (unpaired) electrons. The van der Waals surface area contributed by atoms with Crippen LogP contribution in [0.25, 0.3) is 0 Å². The van der Waals surface area contributed by atoms with Gasteiger partial charge < -0.3 is 4.90 Å². The van der Waals surface area contributed by atoms with Crippen molar-refractivity contribution in [2.45, 2.75) is 44.4 Å². The predicted molar refractivity (Wildman–Crippen MR) is 95.3 cm³/mol. The van der Waals surface area contributed by atoms with Crippen molar-refractivity contribution in [1.29, 1.82) is 0 Å². The standard InChI is InChI=1S/C16H24N2O2S.C2H6/c1-13(2)21(19,20)15-6-4-5-14(7-15)8-18-11-16(12-18)9-17(3)10-16;1-2/h4-7,13H,8-12H2,1-3H3;1-2H3. The molecule has 2 aliphatic rings. The van der Waals surface area contributed by atoms with Crippen LogP contribution in [0.15, 0.2) is 29.2 Å². The van der Waals surface area contributed by atoms with Gasteiger partial charge in [-0.05, 0) is 38.6 Å². The highest BCUT2D eigenvalue weighted by Gasteiger charge is 2.49. The summed E-state index contributed by atoms with van der Waals surface area (Å²) >= 11 is 0. The zero-order valence-corrected chi connectivity index (χ0v) is 15.9. The van der Waals surface area contributed by atoms with Crippen LogP contribution in [-0.4, -0.2) is 56.7 Å². The predicted octanol–water partition coefficient (Wildman–Crippen LogP) is 2.64. The van der Waals surface area contributed by atoms with E-state index >= 15 is 0 Å². The Balaban J connectivity index is 0.000000924. The van der Waals surface area contributed by atoms with E-state index in [-0.39, 0.29) is 5.25 Å². The molecule has 0 saturated carbocycles. The molecule has 2 saturated heterocycles. The average Bonchev–Trinajstić information content (AvgIpc) is 2.46. The summed E-state index contributed by atoms with van der Waals surface area (Å²) in [5.74, 6) is 0. The highest BCUT2D eigenvalue weighted by Crippen LogP contribution is 2.39. The van der Waals surface area contributed by atoms with E-state index in [2.05, 4.69) is 16.8 Å². The molecule has 0 atom stereocenters. The lowest BCUT2D eigenvalue weighted by atomic mass is 9.73. The number of rotatable bonds is 4. The van der Waals surface area contributed by atoms with Gasteiger partial charge in [0.15, 0.2) is 9.84 Å². The van der Waals surface area contributed by atoms with E-state index in [1.54, 1.807) is 19.9 Å². The van der Waals surface area contributed by atoms with E-state index in [1.165, 1.54) is 13.1 Å². The lowest BCUT2D eigenvalue weighted by molar-refractivity contribution is -0.107. The highest BCUT2D eigenvalue weighted by atomic mass is 32.2. The Morgan fingerprint density at radius 1 is 1.13 bits per heavy atom. The van der Waals surface area contributed by atoms with E-state index in [9.17, 15) is 8.42 Å². The van der Waals surface area contributed by atoms with Crippen LogP contribution in [-0.2, 0) is 16.4 Å². The fourth-order valence-corrected chi connectivity index (χ4v) is 4.79. The minimum Gasteiger partial charge on any atom is -0.305 e. The maximum absolute atomic E-state index is 12.2. The number of nitrogens with zero attached hydrogens (tertiary/aromatic N) is 2. The lowest BCUT2D eigenvalue weighted by Crippen LogP contribution is -2.70. The molecule has 2 fully saturated rings. The Morgan fingerprint density at radius 3 is 2.26 bits per heavy atom. The van der Waals surface area contributed by atoms with Crippen molar-refractivity contribution in [3.63, 3.8) is 0 Å². The summed E-state index contributed by atoms with van der Waals surface area (Å²) in [6, 6.07) is 7.43. The third-order valence-corrected chi connectivity index (χ3v) is 6.73. The normalized spacial score (nSPS) is 20.6. The van der Waals surface area contributed by atoms with Crippen molar-refractivity contribution in [2.75, 3.05) is 33.2 Å². The number of hydrogen-bond donors (Lipinski definition) is 0. The first-order valence-corrected chi connectivity index (χ1v) is 10.1. The summed E-state index contributed by atoms with van der Waals surface area (Å²) in [6.07, 6.45) is 0. The van der Waals surface area contributed by atoms with Gasteiger partial charge in [-0.25, -0.2) is 8.42 Å². The first kappa shape index (κ1) is 18.4. The van der Waals surface area contributed by atoms with Crippen molar-refractivity contribution in [3.8, 4) is 0 Å². The second kappa shape index (κ2) is 6.91. The topological polar surface area (TPSA) is 40.6 Å². The molecule has 0 aromatic heterocycles. The smallest absolute Gasteiger partial charge is 0.180 e. The molecule has 0 bridgehead atoms. The number of benzene rings is 1. The molecule has 1 spiro atoms. The van der Waals surface area contributed by atoms with Gasteiger partial charge in [0.1, 0.15) is 0 Å². The number of sulfone groups is 1. The van der Waals surface area contributed by atoms with Gasteiger partial charge in [-0.1, -0.05) is 26.0 Å². The second-order valence-corrected chi connectivity index (χ2v) is 9.56.